The van der Waals surface area contributed by atoms with Crippen LogP contribution in [0.3, 0.4) is 0 Å². The Balaban J connectivity index is 3.78. The van der Waals surface area contributed by atoms with Gasteiger partial charge in [0.1, 0.15) is 0 Å². The minimum absolute atomic E-state index is 0.242. The topological polar surface area (TPSA) is 12.0 Å². The van der Waals surface area contributed by atoms with Crippen LogP contribution >= 0.6 is 11.6 Å². The number of hydrogen-bond donors (Lipinski definition) is 1. The fraction of sp³-hybridized carbons (Fsp3) is 1.00. The zero-order valence-corrected chi connectivity index (χ0v) is 9.54. The van der Waals surface area contributed by atoms with Crippen LogP contribution in [0.2, 0.25) is 0 Å². The molecule has 0 spiro atoms. The second-order valence-electron chi connectivity index (χ2n) is 4.13. The number of hydrogen-bond acceptors (Lipinski definition) is 1. The van der Waals surface area contributed by atoms with Crippen molar-refractivity contribution in [3.05, 3.63) is 0 Å². The van der Waals surface area contributed by atoms with Crippen LogP contribution in [-0.2, 0) is 0 Å². The number of nitrogens with one attached hydrogen (secondary N) is 1. The molecule has 0 fully saturated rings. The SMILES string of the molecule is CCC(C)(CCCl)NCC(C)C. The third-order valence-electron chi connectivity index (χ3n) is 2.36. The Hall–Kier alpha value is 0.250. The van der Waals surface area contributed by atoms with E-state index in [2.05, 4.69) is 33.0 Å². The predicted octanol–water partition coefficient (Wildman–Crippen LogP) is 3.03. The normalized spacial score (nSPS) is 16.5. The molecule has 0 rings (SSSR count). The zero-order chi connectivity index (χ0) is 9.61. The van der Waals surface area contributed by atoms with Crippen molar-refractivity contribution in [1.82, 2.24) is 5.32 Å². The molecule has 1 N–H and O–H groups in total. The molecule has 0 saturated carbocycles. The van der Waals surface area contributed by atoms with E-state index in [0.29, 0.717) is 5.92 Å². The van der Waals surface area contributed by atoms with Gasteiger partial charge in [0.2, 0.25) is 0 Å². The van der Waals surface area contributed by atoms with Crippen LogP contribution in [0.5, 0.6) is 0 Å². The molecule has 1 unspecified atom stereocenters. The van der Waals surface area contributed by atoms with E-state index in [1.54, 1.807) is 0 Å². The second-order valence-corrected chi connectivity index (χ2v) is 4.51. The van der Waals surface area contributed by atoms with Gasteiger partial charge >= 0.3 is 0 Å². The zero-order valence-electron chi connectivity index (χ0n) is 8.78. The third-order valence-corrected chi connectivity index (χ3v) is 2.55. The minimum atomic E-state index is 0.242. The van der Waals surface area contributed by atoms with Crippen molar-refractivity contribution < 1.29 is 0 Å². The summed E-state index contributed by atoms with van der Waals surface area (Å²) in [5.41, 5.74) is 0.242. The van der Waals surface area contributed by atoms with E-state index in [0.717, 1.165) is 25.3 Å². The van der Waals surface area contributed by atoms with Crippen molar-refractivity contribution >= 4 is 11.6 Å². The monoisotopic (exact) mass is 191 g/mol. The molecule has 74 valence electrons. The van der Waals surface area contributed by atoms with Gasteiger partial charge in [0.05, 0.1) is 0 Å². The van der Waals surface area contributed by atoms with Gasteiger partial charge in [-0.15, -0.1) is 11.6 Å². The molecule has 2 heteroatoms. The Bertz CT molecular complexity index is 114. The molecule has 0 aliphatic carbocycles. The van der Waals surface area contributed by atoms with Gasteiger partial charge in [0, 0.05) is 11.4 Å². The van der Waals surface area contributed by atoms with E-state index in [1.807, 2.05) is 0 Å². The molecule has 0 bridgehead atoms. The van der Waals surface area contributed by atoms with Crippen LogP contribution in [-0.4, -0.2) is 18.0 Å². The van der Waals surface area contributed by atoms with Crippen molar-refractivity contribution in [2.24, 2.45) is 5.92 Å². The molecule has 0 aromatic rings. The largest absolute Gasteiger partial charge is 0.311 e. The standard InChI is InChI=1S/C10H22ClN/c1-5-10(4,6-7-11)12-8-9(2)3/h9,12H,5-8H2,1-4H3. The van der Waals surface area contributed by atoms with Crippen LogP contribution in [0.1, 0.15) is 40.5 Å². The summed E-state index contributed by atoms with van der Waals surface area (Å²) in [7, 11) is 0. The summed E-state index contributed by atoms with van der Waals surface area (Å²) in [6.07, 6.45) is 2.20. The predicted molar refractivity (Wildman–Crippen MR) is 56.9 cm³/mol. The molecule has 0 aromatic heterocycles. The van der Waals surface area contributed by atoms with Gasteiger partial charge in [-0.3, -0.25) is 0 Å². The molecule has 1 nitrogen and oxygen atoms in total. The van der Waals surface area contributed by atoms with E-state index >= 15 is 0 Å². The highest BCUT2D eigenvalue weighted by Crippen LogP contribution is 2.15. The summed E-state index contributed by atoms with van der Waals surface area (Å²) in [4.78, 5) is 0. The lowest BCUT2D eigenvalue weighted by Crippen LogP contribution is -2.43. The molecular formula is C10H22ClN. The summed E-state index contributed by atoms with van der Waals surface area (Å²) >= 11 is 5.74. The summed E-state index contributed by atoms with van der Waals surface area (Å²) < 4.78 is 0. The molecule has 1 atom stereocenters. The van der Waals surface area contributed by atoms with Crippen LogP contribution in [0, 0.1) is 5.92 Å². The molecule has 0 aliphatic heterocycles. The van der Waals surface area contributed by atoms with Crippen LogP contribution in [0.15, 0.2) is 0 Å². The second kappa shape index (κ2) is 5.82. The maximum Gasteiger partial charge on any atom is 0.0240 e. The number of halogens is 1. The van der Waals surface area contributed by atoms with Crippen LogP contribution in [0.25, 0.3) is 0 Å². The first-order chi connectivity index (χ1) is 5.54. The fourth-order valence-electron chi connectivity index (χ4n) is 1.05. The van der Waals surface area contributed by atoms with Crippen molar-refractivity contribution in [2.75, 3.05) is 12.4 Å². The van der Waals surface area contributed by atoms with Crippen molar-refractivity contribution in [1.29, 1.82) is 0 Å². The Morgan fingerprint density at radius 2 is 2.00 bits per heavy atom. The molecule has 12 heavy (non-hydrogen) atoms. The number of rotatable bonds is 6. The smallest absolute Gasteiger partial charge is 0.0240 e. The van der Waals surface area contributed by atoms with Gasteiger partial charge in [-0.1, -0.05) is 20.8 Å². The quantitative estimate of drug-likeness (QED) is 0.637. The highest BCUT2D eigenvalue weighted by molar-refractivity contribution is 6.17. The molecule has 0 heterocycles. The van der Waals surface area contributed by atoms with Gasteiger partial charge in [-0.2, -0.15) is 0 Å². The van der Waals surface area contributed by atoms with Gasteiger partial charge in [0.25, 0.3) is 0 Å². The Kier molecular flexibility index (Phi) is 5.94. The molecule has 0 saturated heterocycles. The minimum Gasteiger partial charge on any atom is -0.311 e. The van der Waals surface area contributed by atoms with Gasteiger partial charge < -0.3 is 5.32 Å². The van der Waals surface area contributed by atoms with Gasteiger partial charge in [-0.05, 0) is 32.2 Å². The first-order valence-corrected chi connectivity index (χ1v) is 5.38. The van der Waals surface area contributed by atoms with E-state index in [4.69, 9.17) is 11.6 Å². The Morgan fingerprint density at radius 1 is 1.42 bits per heavy atom. The molecular weight excluding hydrogens is 170 g/mol. The molecule has 0 aromatic carbocycles. The lowest BCUT2D eigenvalue weighted by Gasteiger charge is -2.30. The molecule has 0 radical (unpaired) electrons. The fourth-order valence-corrected chi connectivity index (χ4v) is 1.47. The maximum absolute atomic E-state index is 5.74. The van der Waals surface area contributed by atoms with Crippen molar-refractivity contribution in [3.63, 3.8) is 0 Å². The van der Waals surface area contributed by atoms with E-state index < -0.39 is 0 Å². The first-order valence-electron chi connectivity index (χ1n) is 4.85. The van der Waals surface area contributed by atoms with Gasteiger partial charge in [0.15, 0.2) is 0 Å². The third kappa shape index (κ3) is 5.00. The van der Waals surface area contributed by atoms with E-state index in [9.17, 15) is 0 Å². The Labute approximate surface area is 81.9 Å². The van der Waals surface area contributed by atoms with E-state index in [-0.39, 0.29) is 5.54 Å². The summed E-state index contributed by atoms with van der Waals surface area (Å²) in [5, 5.41) is 3.56. The average molecular weight is 192 g/mol. The summed E-state index contributed by atoms with van der Waals surface area (Å²) in [6, 6.07) is 0. The lowest BCUT2D eigenvalue weighted by molar-refractivity contribution is 0.316. The van der Waals surface area contributed by atoms with Crippen LogP contribution in [0.4, 0.5) is 0 Å². The highest BCUT2D eigenvalue weighted by Gasteiger charge is 2.19. The molecule has 0 amide bonds. The maximum atomic E-state index is 5.74. The van der Waals surface area contributed by atoms with Crippen molar-refractivity contribution in [3.8, 4) is 0 Å². The molecule has 0 aliphatic rings. The highest BCUT2D eigenvalue weighted by atomic mass is 35.5. The summed E-state index contributed by atoms with van der Waals surface area (Å²) in [5.74, 6) is 1.46. The number of alkyl halides is 1. The van der Waals surface area contributed by atoms with Crippen molar-refractivity contribution in [2.45, 2.75) is 46.1 Å². The first kappa shape index (κ1) is 12.2. The Morgan fingerprint density at radius 3 is 2.33 bits per heavy atom. The van der Waals surface area contributed by atoms with Gasteiger partial charge in [-0.25, -0.2) is 0 Å². The average Bonchev–Trinajstić information content (AvgIpc) is 2.02. The van der Waals surface area contributed by atoms with Crippen LogP contribution < -0.4 is 5.32 Å². The summed E-state index contributed by atoms with van der Waals surface area (Å²) in [6.45, 7) is 9.99. The van der Waals surface area contributed by atoms with E-state index in [1.165, 1.54) is 0 Å². The lowest BCUT2D eigenvalue weighted by atomic mass is 9.95.